The van der Waals surface area contributed by atoms with Crippen LogP contribution in [0.15, 0.2) is 23.8 Å². The predicted molar refractivity (Wildman–Crippen MR) is 125 cm³/mol. The second kappa shape index (κ2) is 13.3. The Labute approximate surface area is 199 Å². The van der Waals surface area contributed by atoms with Crippen LogP contribution in [-0.4, -0.2) is 95.8 Å². The van der Waals surface area contributed by atoms with Crippen LogP contribution in [0.3, 0.4) is 0 Å². The van der Waals surface area contributed by atoms with Crippen molar-refractivity contribution < 1.29 is 38.3 Å². The Kier molecular flexibility index (Phi) is 11.4. The summed E-state index contributed by atoms with van der Waals surface area (Å²) in [7, 11) is 8.17. The molecule has 11 atom stereocenters. The summed E-state index contributed by atoms with van der Waals surface area (Å²) in [4.78, 5) is 0. The third-order valence-electron chi connectivity index (χ3n) is 7.01. The number of hydrogen-bond donors (Lipinski definition) is 1. The molecule has 0 aromatic heterocycles. The Morgan fingerprint density at radius 1 is 0.909 bits per heavy atom. The molecule has 1 N–H and O–H groups in total. The number of methoxy groups -OCH3 is 5. The predicted octanol–water partition coefficient (Wildman–Crippen LogP) is 2.73. The van der Waals surface area contributed by atoms with E-state index in [1.54, 1.807) is 35.5 Å². The Bertz CT molecular complexity index is 634. The molecule has 0 aliphatic carbocycles. The average molecular weight is 473 g/mol. The summed E-state index contributed by atoms with van der Waals surface area (Å²) in [6, 6.07) is 0. The van der Waals surface area contributed by atoms with E-state index in [2.05, 4.69) is 13.8 Å². The van der Waals surface area contributed by atoms with Gasteiger partial charge in [-0.3, -0.25) is 0 Å². The summed E-state index contributed by atoms with van der Waals surface area (Å²) >= 11 is 0. The number of allylic oxidation sites excluding steroid dienone is 2. The number of ether oxygens (including phenoxy) is 7. The quantitative estimate of drug-likeness (QED) is 0.323. The lowest BCUT2D eigenvalue weighted by Crippen LogP contribution is -2.60. The third kappa shape index (κ3) is 6.64. The molecule has 0 aromatic rings. The first-order valence-corrected chi connectivity index (χ1v) is 11.8. The minimum atomic E-state index is -0.576. The number of epoxide rings is 1. The largest absolute Gasteiger partial charge is 0.390 e. The van der Waals surface area contributed by atoms with E-state index >= 15 is 0 Å². The standard InChI is InChI=1S/C25H44O8/c1-10-17(27-5)16(4)20-21(32-20)18(26)14(2)12-11-13-15(3)19-22(28-6)23(29-7)24(30-8)25(31-9)33-19/h11-14,16-26H,10H2,1-9H3/b12-11+,15-13+/t14-,16+,17-,18+,19-,20-,21-,22+,23-,24-,25-/m0/s1. The van der Waals surface area contributed by atoms with E-state index in [0.29, 0.717) is 0 Å². The van der Waals surface area contributed by atoms with Crippen molar-refractivity contribution in [2.75, 3.05) is 35.5 Å². The first-order valence-electron chi connectivity index (χ1n) is 11.8. The van der Waals surface area contributed by atoms with Crippen molar-refractivity contribution in [1.82, 2.24) is 0 Å². The number of aliphatic hydroxyl groups is 1. The highest BCUT2D eigenvalue weighted by molar-refractivity contribution is 5.19. The van der Waals surface area contributed by atoms with Crippen molar-refractivity contribution in [2.24, 2.45) is 11.8 Å². The van der Waals surface area contributed by atoms with E-state index in [4.69, 9.17) is 33.2 Å². The molecular weight excluding hydrogens is 428 g/mol. The summed E-state index contributed by atoms with van der Waals surface area (Å²) < 4.78 is 39.9. The normalized spacial score (nSPS) is 36.5. The second-order valence-electron chi connectivity index (χ2n) is 9.01. The lowest BCUT2D eigenvalue weighted by molar-refractivity contribution is -0.295. The van der Waals surface area contributed by atoms with Gasteiger partial charge in [-0.05, 0) is 18.9 Å². The number of rotatable bonds is 13. The molecule has 192 valence electrons. The van der Waals surface area contributed by atoms with Crippen LogP contribution in [0.2, 0.25) is 0 Å². The van der Waals surface area contributed by atoms with Crippen LogP contribution in [0.25, 0.3) is 0 Å². The average Bonchev–Trinajstić information content (AvgIpc) is 3.63. The molecule has 8 nitrogen and oxygen atoms in total. The summed E-state index contributed by atoms with van der Waals surface area (Å²) in [6.07, 6.45) is 4.20. The van der Waals surface area contributed by atoms with Gasteiger partial charge in [0.2, 0.25) is 0 Å². The van der Waals surface area contributed by atoms with Crippen LogP contribution in [0, 0.1) is 11.8 Å². The first-order chi connectivity index (χ1) is 15.8. The molecule has 2 saturated heterocycles. The highest BCUT2D eigenvalue weighted by Crippen LogP contribution is 2.37. The van der Waals surface area contributed by atoms with Crippen LogP contribution in [-0.2, 0) is 33.2 Å². The molecule has 0 aromatic carbocycles. The summed E-state index contributed by atoms with van der Waals surface area (Å²) in [5.74, 6) is 0.173. The fourth-order valence-electron chi connectivity index (χ4n) is 4.83. The third-order valence-corrected chi connectivity index (χ3v) is 7.01. The zero-order chi connectivity index (χ0) is 24.7. The van der Waals surface area contributed by atoms with Gasteiger partial charge >= 0.3 is 0 Å². The van der Waals surface area contributed by atoms with E-state index < -0.39 is 18.5 Å². The van der Waals surface area contributed by atoms with Gasteiger partial charge in [0.25, 0.3) is 0 Å². The Morgan fingerprint density at radius 2 is 1.55 bits per heavy atom. The van der Waals surface area contributed by atoms with E-state index in [1.807, 2.05) is 32.1 Å². The molecule has 0 radical (unpaired) electrons. The molecule has 0 spiro atoms. The van der Waals surface area contributed by atoms with Gasteiger partial charge in [-0.1, -0.05) is 39.0 Å². The summed E-state index contributed by atoms with van der Waals surface area (Å²) in [5, 5.41) is 10.8. The maximum atomic E-state index is 10.8. The van der Waals surface area contributed by atoms with Gasteiger partial charge in [0.15, 0.2) is 6.29 Å². The molecule has 2 aliphatic heterocycles. The van der Waals surface area contributed by atoms with E-state index in [-0.39, 0.29) is 48.5 Å². The number of aliphatic hydroxyl groups excluding tert-OH is 1. The zero-order valence-corrected chi connectivity index (χ0v) is 21.6. The van der Waals surface area contributed by atoms with Gasteiger partial charge < -0.3 is 38.3 Å². The van der Waals surface area contributed by atoms with Crippen LogP contribution in [0.5, 0.6) is 0 Å². The Balaban J connectivity index is 2.02. The van der Waals surface area contributed by atoms with Gasteiger partial charge in [0.05, 0.1) is 18.3 Å². The molecule has 2 heterocycles. The van der Waals surface area contributed by atoms with Crippen molar-refractivity contribution in [2.45, 2.75) is 89.2 Å². The molecule has 8 heteroatoms. The molecule has 33 heavy (non-hydrogen) atoms. The smallest absolute Gasteiger partial charge is 0.186 e. The Morgan fingerprint density at radius 3 is 2.06 bits per heavy atom. The van der Waals surface area contributed by atoms with Gasteiger partial charge in [0.1, 0.15) is 30.5 Å². The maximum Gasteiger partial charge on any atom is 0.186 e. The fourth-order valence-corrected chi connectivity index (χ4v) is 4.83. The minimum absolute atomic E-state index is 0.0295. The van der Waals surface area contributed by atoms with E-state index in [0.717, 1.165) is 12.0 Å². The second-order valence-corrected chi connectivity index (χ2v) is 9.01. The zero-order valence-electron chi connectivity index (χ0n) is 21.6. The minimum Gasteiger partial charge on any atom is -0.390 e. The Hall–Kier alpha value is -0.840. The lowest BCUT2D eigenvalue weighted by atomic mass is 9.91. The van der Waals surface area contributed by atoms with Crippen molar-refractivity contribution in [1.29, 1.82) is 0 Å². The topological polar surface area (TPSA) is 88.1 Å². The van der Waals surface area contributed by atoms with Crippen molar-refractivity contribution in [3.63, 3.8) is 0 Å². The van der Waals surface area contributed by atoms with Crippen LogP contribution in [0.4, 0.5) is 0 Å². The monoisotopic (exact) mass is 472 g/mol. The van der Waals surface area contributed by atoms with E-state index in [1.165, 1.54) is 0 Å². The molecule has 0 unspecified atom stereocenters. The van der Waals surface area contributed by atoms with Gasteiger partial charge in [-0.25, -0.2) is 0 Å². The summed E-state index contributed by atoms with van der Waals surface area (Å²) in [5.41, 5.74) is 0.957. The van der Waals surface area contributed by atoms with Crippen molar-refractivity contribution in [3.8, 4) is 0 Å². The van der Waals surface area contributed by atoms with Gasteiger partial charge in [-0.15, -0.1) is 0 Å². The fraction of sp³-hybridized carbons (Fsp3) is 0.840. The van der Waals surface area contributed by atoms with Crippen LogP contribution >= 0.6 is 0 Å². The number of hydrogen-bond acceptors (Lipinski definition) is 8. The van der Waals surface area contributed by atoms with Crippen molar-refractivity contribution >= 4 is 0 Å². The summed E-state index contributed by atoms with van der Waals surface area (Å²) in [6.45, 7) is 8.18. The van der Waals surface area contributed by atoms with Crippen molar-refractivity contribution in [3.05, 3.63) is 23.8 Å². The first kappa shape index (κ1) is 28.4. The van der Waals surface area contributed by atoms with Gasteiger partial charge in [0, 0.05) is 47.4 Å². The van der Waals surface area contributed by atoms with Crippen LogP contribution in [0.1, 0.15) is 34.1 Å². The molecule has 2 fully saturated rings. The molecule has 2 aliphatic rings. The van der Waals surface area contributed by atoms with Crippen LogP contribution < -0.4 is 0 Å². The SMILES string of the molecule is CC[C@H](OC)[C@@H](C)[C@@H]1O[C@H]1[C@H](O)[C@@H](C)/C=C/C=C(\C)[C@@H]1O[C@H](OC)[C@@H](OC)[C@@H](OC)[C@@H]1OC. The maximum absolute atomic E-state index is 10.8. The highest BCUT2D eigenvalue weighted by Gasteiger charge is 2.50. The molecule has 0 saturated carbocycles. The molecular formula is C25H44O8. The molecule has 0 amide bonds. The molecule has 0 bridgehead atoms. The van der Waals surface area contributed by atoms with Gasteiger partial charge in [-0.2, -0.15) is 0 Å². The lowest BCUT2D eigenvalue weighted by Gasteiger charge is -2.44. The highest BCUT2D eigenvalue weighted by atomic mass is 16.7. The van der Waals surface area contributed by atoms with E-state index in [9.17, 15) is 5.11 Å². The molecule has 2 rings (SSSR count).